The predicted octanol–water partition coefficient (Wildman–Crippen LogP) is 3.72. The molecule has 0 saturated heterocycles. The Hall–Kier alpha value is -3.61. The number of carbonyl (C=O) groups is 2. The van der Waals surface area contributed by atoms with Crippen molar-refractivity contribution >= 4 is 23.6 Å². The lowest BCUT2D eigenvalue weighted by molar-refractivity contribution is -0.136. The first kappa shape index (κ1) is 20.1. The first-order valence-electron chi connectivity index (χ1n) is 8.74. The molecule has 0 bridgehead atoms. The summed E-state index contributed by atoms with van der Waals surface area (Å²) in [4.78, 5) is 27.1. The van der Waals surface area contributed by atoms with E-state index in [1.165, 1.54) is 56.6 Å². The maximum Gasteiger partial charge on any atom is 0.340 e. The Kier molecular flexibility index (Phi) is 5.68. The van der Waals surface area contributed by atoms with Gasteiger partial charge in [-0.15, -0.1) is 0 Å². The molecular weight excluding hydrogens is 377 g/mol. The number of esters is 1. The van der Waals surface area contributed by atoms with Crippen molar-refractivity contribution in [1.82, 2.24) is 0 Å². The lowest BCUT2D eigenvalue weighted by Gasteiger charge is -2.19. The van der Waals surface area contributed by atoms with Crippen LogP contribution in [0.3, 0.4) is 0 Å². The minimum atomic E-state index is -0.632. The fourth-order valence-corrected chi connectivity index (χ4v) is 3.18. The van der Waals surface area contributed by atoms with Gasteiger partial charge in [-0.25, -0.2) is 9.18 Å². The molecule has 0 N–H and O–H groups in total. The minimum Gasteiger partial charge on any atom is -0.493 e. The highest BCUT2D eigenvalue weighted by molar-refractivity contribution is 6.23. The Balaban J connectivity index is 2.13. The highest BCUT2D eigenvalue weighted by Crippen LogP contribution is 2.39. The monoisotopic (exact) mass is 397 g/mol. The summed E-state index contributed by atoms with van der Waals surface area (Å²) in [5.74, 6) is -0.468. The lowest BCUT2D eigenvalue weighted by Crippen LogP contribution is -2.24. The molecule has 1 amide bonds. The average Bonchev–Trinajstić information content (AvgIpc) is 2.98. The van der Waals surface area contributed by atoms with Gasteiger partial charge in [-0.1, -0.05) is 12.1 Å². The number of halogens is 1. The molecule has 2 aromatic carbocycles. The second-order valence-electron chi connectivity index (χ2n) is 6.24. The van der Waals surface area contributed by atoms with Crippen molar-refractivity contribution in [3.63, 3.8) is 0 Å². The third-order valence-corrected chi connectivity index (χ3v) is 4.60. The summed E-state index contributed by atoms with van der Waals surface area (Å²) >= 11 is 0. The normalized spacial score (nSPS) is 15.1. The van der Waals surface area contributed by atoms with Crippen molar-refractivity contribution in [2.24, 2.45) is 0 Å². The fraction of sp³-hybridized carbons (Fsp3) is 0.182. The van der Waals surface area contributed by atoms with E-state index in [1.807, 2.05) is 0 Å². The Morgan fingerprint density at radius 2 is 1.66 bits per heavy atom. The van der Waals surface area contributed by atoms with Gasteiger partial charge in [-0.05, 0) is 42.8 Å². The summed E-state index contributed by atoms with van der Waals surface area (Å²) in [5, 5.41) is 0. The third-order valence-electron chi connectivity index (χ3n) is 4.60. The molecule has 0 fully saturated rings. The number of anilines is 1. The van der Waals surface area contributed by atoms with E-state index in [2.05, 4.69) is 0 Å². The zero-order chi connectivity index (χ0) is 21.1. The topological polar surface area (TPSA) is 65.1 Å². The number of rotatable bonds is 5. The molecule has 0 atom stereocenters. The van der Waals surface area contributed by atoms with Crippen LogP contribution in [0.25, 0.3) is 6.08 Å². The number of amides is 1. The molecule has 150 valence electrons. The van der Waals surface area contributed by atoms with E-state index in [4.69, 9.17) is 14.2 Å². The van der Waals surface area contributed by atoms with Gasteiger partial charge in [0.2, 0.25) is 0 Å². The van der Waals surface area contributed by atoms with Gasteiger partial charge in [0.1, 0.15) is 5.82 Å². The number of hydrogen-bond donors (Lipinski definition) is 0. The average molecular weight is 397 g/mol. The largest absolute Gasteiger partial charge is 0.493 e. The van der Waals surface area contributed by atoms with Crippen LogP contribution in [0.5, 0.6) is 11.5 Å². The van der Waals surface area contributed by atoms with Crippen LogP contribution >= 0.6 is 0 Å². The standard InChI is InChI=1S/C22H20FNO5/c1-13-20(22(26)29-4)17(11-14-5-7-15(23)8-6-14)21(25)24(13)16-9-10-18(27-2)19(12-16)28-3/h5-12H,1-4H3. The molecule has 1 aliphatic rings. The number of ether oxygens (including phenoxy) is 3. The molecule has 1 heterocycles. The van der Waals surface area contributed by atoms with Crippen molar-refractivity contribution < 1.29 is 28.2 Å². The number of methoxy groups -OCH3 is 3. The summed E-state index contributed by atoms with van der Waals surface area (Å²) < 4.78 is 28.7. The van der Waals surface area contributed by atoms with Crippen molar-refractivity contribution in [3.8, 4) is 11.5 Å². The Bertz CT molecular complexity index is 1020. The molecule has 0 saturated carbocycles. The number of carbonyl (C=O) groups excluding carboxylic acids is 2. The summed E-state index contributed by atoms with van der Waals surface area (Å²) in [6.07, 6.45) is 1.54. The predicted molar refractivity (Wildman–Crippen MR) is 106 cm³/mol. The van der Waals surface area contributed by atoms with Crippen molar-refractivity contribution in [2.45, 2.75) is 6.92 Å². The van der Waals surface area contributed by atoms with Gasteiger partial charge in [0.25, 0.3) is 5.91 Å². The van der Waals surface area contributed by atoms with Crippen LogP contribution in [0.2, 0.25) is 0 Å². The smallest absolute Gasteiger partial charge is 0.340 e. The van der Waals surface area contributed by atoms with Gasteiger partial charge in [-0.3, -0.25) is 9.69 Å². The molecule has 7 heteroatoms. The van der Waals surface area contributed by atoms with Crippen LogP contribution in [-0.2, 0) is 14.3 Å². The molecule has 0 aromatic heterocycles. The van der Waals surface area contributed by atoms with Crippen LogP contribution in [0, 0.1) is 5.82 Å². The number of benzene rings is 2. The summed E-state index contributed by atoms with van der Waals surface area (Å²) in [6, 6.07) is 10.6. The Morgan fingerprint density at radius 3 is 2.24 bits per heavy atom. The van der Waals surface area contributed by atoms with Crippen molar-refractivity contribution in [1.29, 1.82) is 0 Å². The first-order chi connectivity index (χ1) is 13.9. The quantitative estimate of drug-likeness (QED) is 0.568. The molecule has 0 radical (unpaired) electrons. The van der Waals surface area contributed by atoms with Crippen LogP contribution in [0.4, 0.5) is 10.1 Å². The lowest BCUT2D eigenvalue weighted by atomic mass is 10.0. The highest BCUT2D eigenvalue weighted by Gasteiger charge is 2.38. The molecular formula is C22H20FNO5. The maximum absolute atomic E-state index is 13.2. The number of nitrogens with zero attached hydrogens (tertiary/aromatic N) is 1. The van der Waals surface area contributed by atoms with E-state index in [0.29, 0.717) is 28.4 Å². The molecule has 1 aliphatic heterocycles. The number of allylic oxidation sites excluding steroid dienone is 1. The second-order valence-corrected chi connectivity index (χ2v) is 6.24. The molecule has 0 aliphatic carbocycles. The minimum absolute atomic E-state index is 0.150. The van der Waals surface area contributed by atoms with E-state index >= 15 is 0 Å². The van der Waals surface area contributed by atoms with E-state index in [0.717, 1.165) is 0 Å². The van der Waals surface area contributed by atoms with Gasteiger partial charge in [0.15, 0.2) is 11.5 Å². The second kappa shape index (κ2) is 8.18. The van der Waals surface area contributed by atoms with Gasteiger partial charge in [0.05, 0.1) is 38.2 Å². The fourth-order valence-electron chi connectivity index (χ4n) is 3.18. The van der Waals surface area contributed by atoms with Crippen LogP contribution < -0.4 is 14.4 Å². The van der Waals surface area contributed by atoms with Crippen molar-refractivity contribution in [3.05, 3.63) is 70.7 Å². The summed E-state index contributed by atoms with van der Waals surface area (Å²) in [5.41, 5.74) is 1.82. The van der Waals surface area contributed by atoms with E-state index < -0.39 is 17.7 Å². The van der Waals surface area contributed by atoms with Crippen molar-refractivity contribution in [2.75, 3.05) is 26.2 Å². The first-order valence-corrected chi connectivity index (χ1v) is 8.74. The zero-order valence-electron chi connectivity index (χ0n) is 16.5. The van der Waals surface area contributed by atoms with Gasteiger partial charge < -0.3 is 14.2 Å². The molecule has 3 rings (SSSR count). The summed E-state index contributed by atoms with van der Waals surface area (Å²) in [6.45, 7) is 1.66. The van der Waals surface area contributed by atoms with Gasteiger partial charge in [0, 0.05) is 11.8 Å². The van der Waals surface area contributed by atoms with Crippen LogP contribution in [0.1, 0.15) is 12.5 Å². The van der Waals surface area contributed by atoms with Crippen LogP contribution in [0.15, 0.2) is 59.3 Å². The Labute approximate surface area is 167 Å². The third kappa shape index (κ3) is 3.71. The Morgan fingerprint density at radius 1 is 1.00 bits per heavy atom. The van der Waals surface area contributed by atoms with E-state index in [1.54, 1.807) is 25.1 Å². The van der Waals surface area contributed by atoms with Crippen LogP contribution in [-0.4, -0.2) is 33.2 Å². The molecule has 2 aromatic rings. The number of hydrogen-bond acceptors (Lipinski definition) is 5. The molecule has 29 heavy (non-hydrogen) atoms. The maximum atomic E-state index is 13.2. The summed E-state index contributed by atoms with van der Waals surface area (Å²) in [7, 11) is 4.26. The zero-order valence-corrected chi connectivity index (χ0v) is 16.5. The SMILES string of the molecule is COC(=O)C1=C(C)N(c2ccc(OC)c(OC)c2)C(=O)C1=Cc1ccc(F)cc1. The molecule has 6 nitrogen and oxygen atoms in total. The van der Waals surface area contributed by atoms with Gasteiger partial charge in [-0.2, -0.15) is 0 Å². The van der Waals surface area contributed by atoms with E-state index in [-0.39, 0.29) is 11.1 Å². The van der Waals surface area contributed by atoms with Gasteiger partial charge >= 0.3 is 5.97 Å². The molecule has 0 unspecified atom stereocenters. The highest BCUT2D eigenvalue weighted by atomic mass is 19.1. The molecule has 0 spiro atoms. The van der Waals surface area contributed by atoms with E-state index in [9.17, 15) is 14.0 Å².